The van der Waals surface area contributed by atoms with Crippen LogP contribution in [-0.4, -0.2) is 177 Å². The number of aliphatic imine (C=N–C) groups is 1. The van der Waals surface area contributed by atoms with Gasteiger partial charge in [-0.25, -0.2) is 9.50 Å². The van der Waals surface area contributed by atoms with E-state index in [4.69, 9.17) is 34.2 Å². The zero-order valence-electron chi connectivity index (χ0n) is 42.9. The number of aliphatic hydroxyl groups is 1. The maximum absolute atomic E-state index is 13.0. The lowest BCUT2D eigenvalue weighted by Gasteiger charge is -2.19. The Bertz CT molecular complexity index is 2770. The van der Waals surface area contributed by atoms with Gasteiger partial charge in [-0.2, -0.15) is 9.67 Å². The molecule has 0 fully saturated rings. The molecule has 2 aliphatic heterocycles. The molecule has 26 nitrogen and oxygen atoms in total. The van der Waals surface area contributed by atoms with Crippen molar-refractivity contribution in [3.8, 4) is 11.5 Å². The van der Waals surface area contributed by atoms with Crippen LogP contribution in [0.5, 0.6) is 11.5 Å². The summed E-state index contributed by atoms with van der Waals surface area (Å²) in [5.41, 5.74) is 7.90. The highest BCUT2D eigenvalue weighted by Crippen LogP contribution is 2.28. The molecule has 26 heteroatoms. The topological polar surface area (TPSA) is 334 Å². The van der Waals surface area contributed by atoms with Crippen molar-refractivity contribution in [2.45, 2.75) is 38.0 Å². The molecule has 2 aliphatic rings. The normalized spacial score (nSPS) is 13.2. The molecule has 0 saturated carbocycles. The number of aromatic nitrogens is 3. The molecule has 2 atom stereocenters. The Hall–Kier alpha value is -7.98. The number of imidazole rings is 1. The van der Waals surface area contributed by atoms with Gasteiger partial charge in [0.2, 0.25) is 17.7 Å². The summed E-state index contributed by atoms with van der Waals surface area (Å²) in [7, 11) is 2.91. The van der Waals surface area contributed by atoms with Crippen LogP contribution in [0.15, 0.2) is 90.1 Å². The Labute approximate surface area is 443 Å². The van der Waals surface area contributed by atoms with E-state index in [0.717, 1.165) is 0 Å². The van der Waals surface area contributed by atoms with Gasteiger partial charge in [0, 0.05) is 55.4 Å². The minimum absolute atomic E-state index is 0.0861. The van der Waals surface area contributed by atoms with Gasteiger partial charge >= 0.3 is 11.7 Å². The first-order chi connectivity index (χ1) is 37.5. The van der Waals surface area contributed by atoms with Crippen LogP contribution < -0.4 is 52.4 Å². The number of aliphatic hydroxyl groups excluding tert-OH is 1. The fourth-order valence-electron chi connectivity index (χ4n) is 7.47. The number of hydrogen-bond acceptors (Lipinski definition) is 18. The summed E-state index contributed by atoms with van der Waals surface area (Å²) < 4.78 is 36.0. The maximum Gasteiger partial charge on any atom is 0.328 e. The number of hydrogen-bond donors (Lipinski definition) is 9. The van der Waals surface area contributed by atoms with Crippen molar-refractivity contribution in [2.75, 3.05) is 110 Å². The van der Waals surface area contributed by atoms with Gasteiger partial charge in [-0.3, -0.25) is 34.1 Å². The van der Waals surface area contributed by atoms with Crippen LogP contribution >= 0.6 is 0 Å². The summed E-state index contributed by atoms with van der Waals surface area (Å²) in [6.07, 6.45) is 10.9. The second kappa shape index (κ2) is 31.2. The van der Waals surface area contributed by atoms with Crippen molar-refractivity contribution in [3.63, 3.8) is 0 Å². The van der Waals surface area contributed by atoms with E-state index in [0.29, 0.717) is 85.2 Å². The van der Waals surface area contributed by atoms with Crippen LogP contribution in [0.1, 0.15) is 58.3 Å². The highest BCUT2D eigenvalue weighted by Gasteiger charge is 2.30. The molecular formula is C51H66N13O13+. The van der Waals surface area contributed by atoms with Crippen molar-refractivity contribution >= 4 is 64.4 Å². The van der Waals surface area contributed by atoms with E-state index in [1.807, 2.05) is 6.08 Å². The van der Waals surface area contributed by atoms with Crippen LogP contribution in [0.25, 0.3) is 5.65 Å². The number of allylic oxidation sites excluding steroid dienone is 2. The van der Waals surface area contributed by atoms with Crippen molar-refractivity contribution in [3.05, 3.63) is 102 Å². The summed E-state index contributed by atoms with van der Waals surface area (Å²) in [5, 5.41) is 34.5. The summed E-state index contributed by atoms with van der Waals surface area (Å²) in [5.74, 6) is -1.13. The van der Waals surface area contributed by atoms with Crippen LogP contribution in [0.3, 0.4) is 0 Å². The molecule has 412 valence electrons. The standard InChI is InChI=1S/C51H65N13O13/c1-72-41-13-11-34(58-50(70)39-30-63-21-6-10-43(63)60-39)28-36(41)47(67)55-19-22-74-24-26-76-32-45(65)53-16-4-3-8-38(49(69)54-17-7-15-52)62-46(66)33-77-27-25-75-23-20-56-48(68)37-29-35(12-14-42(37)73-2)59-51(71)40-31-64-44(61-40)9-5-18-57-64/h5-6,9-14,18,21,28-31,38,48,56,68H,3-4,7-8,15-17,19-20,22-27,32-33,52H2,1-2H3,(H5-,53,54,55,58,59,62,65,66,67,69,70,71)/p+1. The third kappa shape index (κ3) is 18.7. The minimum atomic E-state index is -1.16. The average Bonchev–Trinajstić information content (AvgIpc) is 4.19. The number of rotatable bonds is 35. The van der Waals surface area contributed by atoms with E-state index >= 15 is 0 Å². The molecule has 0 aliphatic carbocycles. The van der Waals surface area contributed by atoms with E-state index in [9.17, 15) is 33.9 Å². The second-order valence-corrected chi connectivity index (χ2v) is 17.0. The molecule has 6 amide bonds. The number of carbonyl (C=O) groups is 6. The summed E-state index contributed by atoms with van der Waals surface area (Å²) in [4.78, 5) is 85.3. The number of anilines is 2. The summed E-state index contributed by atoms with van der Waals surface area (Å²) >= 11 is 0. The SMILES string of the molecule is COc1ccc(NC(=O)C2=NC3=CC=C[N+]3=C2)cc1C(=O)NCCOCCOCC(=O)NCCCCC(NC(=O)COCCOCCNC(O)c1cc(NC(=O)c2cn3ncccc3n2)ccc1OC)C(=O)NCCCN. The first-order valence-corrected chi connectivity index (χ1v) is 24.9. The number of nitrogens with two attached hydrogens (primary N) is 1. The van der Waals surface area contributed by atoms with Gasteiger partial charge in [-0.1, -0.05) is 0 Å². The number of benzene rings is 2. The first-order valence-electron chi connectivity index (χ1n) is 24.9. The molecule has 2 aromatic carbocycles. The van der Waals surface area contributed by atoms with Gasteiger partial charge in [-0.05, 0) is 91.8 Å². The van der Waals surface area contributed by atoms with Crippen LogP contribution in [0, 0.1) is 0 Å². The van der Waals surface area contributed by atoms with Gasteiger partial charge in [-0.15, -0.1) is 0 Å². The molecule has 0 spiro atoms. The van der Waals surface area contributed by atoms with Crippen LogP contribution in [-0.2, 0) is 38.1 Å². The van der Waals surface area contributed by atoms with E-state index < -0.39 is 35.9 Å². The quantitative estimate of drug-likeness (QED) is 0.0168. The predicted octanol–water partition coefficient (Wildman–Crippen LogP) is 0.157. The van der Waals surface area contributed by atoms with Gasteiger partial charge in [0.15, 0.2) is 11.9 Å². The minimum Gasteiger partial charge on any atom is -0.496 e. The van der Waals surface area contributed by atoms with Crippen molar-refractivity contribution in [1.82, 2.24) is 41.2 Å². The van der Waals surface area contributed by atoms with E-state index in [1.54, 1.807) is 71.7 Å². The fraction of sp³-hybridized carbons (Fsp3) is 0.412. The number of nitrogens with zero attached hydrogens (tertiary/aromatic N) is 5. The Kier molecular flexibility index (Phi) is 23.6. The first kappa shape index (κ1) is 58.3. The molecule has 4 heterocycles. The number of amides is 6. The third-order valence-electron chi connectivity index (χ3n) is 11.3. The van der Waals surface area contributed by atoms with Gasteiger partial charge in [0.25, 0.3) is 17.5 Å². The van der Waals surface area contributed by atoms with E-state index in [2.05, 4.69) is 52.3 Å². The number of carbonyl (C=O) groups excluding carboxylic acids is 6. The lowest BCUT2D eigenvalue weighted by molar-refractivity contribution is -0.386. The average molecular weight is 1070 g/mol. The Morgan fingerprint density at radius 3 is 2.18 bits per heavy atom. The molecule has 2 aromatic heterocycles. The van der Waals surface area contributed by atoms with Crippen LogP contribution in [0.2, 0.25) is 0 Å². The molecule has 77 heavy (non-hydrogen) atoms. The van der Waals surface area contributed by atoms with Crippen molar-refractivity contribution in [2.24, 2.45) is 10.7 Å². The van der Waals surface area contributed by atoms with E-state index in [1.165, 1.54) is 31.0 Å². The monoisotopic (exact) mass is 1070 g/mol. The maximum atomic E-state index is 13.0. The Morgan fingerprint density at radius 1 is 0.740 bits per heavy atom. The molecule has 0 radical (unpaired) electrons. The zero-order valence-corrected chi connectivity index (χ0v) is 42.9. The predicted molar refractivity (Wildman–Crippen MR) is 281 cm³/mol. The van der Waals surface area contributed by atoms with Crippen LogP contribution in [0.4, 0.5) is 11.4 Å². The largest absolute Gasteiger partial charge is 0.496 e. The third-order valence-corrected chi connectivity index (χ3v) is 11.3. The van der Waals surface area contributed by atoms with E-state index in [-0.39, 0.29) is 94.7 Å². The molecule has 0 saturated heterocycles. The number of fused-ring (bicyclic) bond motifs is 2. The number of ether oxygens (including phenoxy) is 6. The highest BCUT2D eigenvalue weighted by molar-refractivity contribution is 6.62. The number of unbranched alkanes of at least 4 members (excludes halogenated alkanes) is 1. The molecule has 0 bridgehead atoms. The smallest absolute Gasteiger partial charge is 0.328 e. The van der Waals surface area contributed by atoms with Gasteiger partial charge in [0.1, 0.15) is 42.7 Å². The molecule has 2 unspecified atom stereocenters. The zero-order chi connectivity index (χ0) is 54.8. The van der Waals surface area contributed by atoms with Gasteiger partial charge < -0.3 is 71.2 Å². The molecule has 6 rings (SSSR count). The number of nitrogens with one attached hydrogen (secondary N) is 7. The Balaban J connectivity index is 0.784. The lowest BCUT2D eigenvalue weighted by atomic mass is 10.1. The Morgan fingerprint density at radius 2 is 1.44 bits per heavy atom. The van der Waals surface area contributed by atoms with Crippen molar-refractivity contribution in [1.29, 1.82) is 0 Å². The number of methoxy groups -OCH3 is 2. The molecule has 10 N–H and O–H groups in total. The lowest BCUT2D eigenvalue weighted by Crippen LogP contribution is -2.48. The molecular weight excluding hydrogens is 1000 g/mol. The molecule has 4 aromatic rings. The summed E-state index contributed by atoms with van der Waals surface area (Å²) in [6, 6.07) is 12.2. The van der Waals surface area contributed by atoms with Crippen molar-refractivity contribution < 1.29 is 66.9 Å². The van der Waals surface area contributed by atoms with Gasteiger partial charge in [0.05, 0.1) is 71.8 Å². The fourth-order valence-corrected chi connectivity index (χ4v) is 7.47. The summed E-state index contributed by atoms with van der Waals surface area (Å²) in [6.45, 7) is 1.87. The second-order valence-electron chi connectivity index (χ2n) is 17.0. The highest BCUT2D eigenvalue weighted by atomic mass is 16.5.